The lowest BCUT2D eigenvalue weighted by Gasteiger charge is -2.01. The molecule has 0 aliphatic heterocycles. The van der Waals surface area contributed by atoms with Gasteiger partial charge in [-0.15, -0.1) is 0 Å². The maximum atomic E-state index is 13.8. The number of halogens is 2. The molecule has 1 aromatic heterocycles. The molecular formula is C14H14FIN2S. The largest absolute Gasteiger partial charge is 0.327 e. The van der Waals surface area contributed by atoms with Crippen LogP contribution < -0.4 is 0 Å². The van der Waals surface area contributed by atoms with Gasteiger partial charge in [-0.1, -0.05) is 19.8 Å². The molecule has 1 aliphatic rings. The molecule has 19 heavy (non-hydrogen) atoms. The fourth-order valence-corrected chi connectivity index (χ4v) is 2.34. The maximum Gasteiger partial charge on any atom is 0.141 e. The number of rotatable bonds is 1. The molecule has 0 saturated heterocycles. The summed E-state index contributed by atoms with van der Waals surface area (Å²) < 4.78 is 15.9. The van der Waals surface area contributed by atoms with Crippen molar-refractivity contribution in [1.29, 1.82) is 0 Å². The molecule has 5 heteroatoms. The molecule has 0 spiro atoms. The molecule has 0 N–H and O–H groups in total. The van der Waals surface area contributed by atoms with Crippen LogP contribution in [-0.2, 0) is 0 Å². The van der Waals surface area contributed by atoms with E-state index >= 15 is 0 Å². The van der Waals surface area contributed by atoms with Gasteiger partial charge in [0.05, 0.1) is 22.9 Å². The Morgan fingerprint density at radius 1 is 1.42 bits per heavy atom. The van der Waals surface area contributed by atoms with Crippen LogP contribution in [-0.4, -0.2) is 9.55 Å². The molecular weight excluding hydrogens is 374 g/mol. The summed E-state index contributed by atoms with van der Waals surface area (Å²) in [5.41, 5.74) is 2.11. The van der Waals surface area contributed by atoms with E-state index in [1.54, 1.807) is 18.5 Å². The van der Waals surface area contributed by atoms with Gasteiger partial charge in [0.15, 0.2) is 0 Å². The smallest absolute Gasteiger partial charge is 0.141 e. The van der Waals surface area contributed by atoms with Crippen LogP contribution >= 0.6 is 30.1 Å². The average molecular weight is 388 g/mol. The van der Waals surface area contributed by atoms with Crippen LogP contribution in [0.5, 0.6) is 0 Å². The van der Waals surface area contributed by atoms with Crippen molar-refractivity contribution in [2.24, 2.45) is 0 Å². The molecule has 2 nitrogen and oxygen atoms in total. The van der Waals surface area contributed by atoms with Crippen LogP contribution in [0.2, 0.25) is 0 Å². The van der Waals surface area contributed by atoms with Gasteiger partial charge in [0, 0.05) is 33.3 Å². The van der Waals surface area contributed by atoms with Gasteiger partial charge in [0.1, 0.15) is 5.82 Å². The molecule has 0 atom stereocenters. The summed E-state index contributed by atoms with van der Waals surface area (Å²) in [7, 11) is 1.35. The highest BCUT2D eigenvalue weighted by atomic mass is 127. The normalized spacial score (nSPS) is 13.5. The van der Waals surface area contributed by atoms with Crippen molar-refractivity contribution in [3.63, 3.8) is 0 Å². The van der Waals surface area contributed by atoms with Crippen molar-refractivity contribution in [1.82, 2.24) is 9.55 Å². The first-order valence-corrected chi connectivity index (χ1v) is 9.60. The highest BCUT2D eigenvalue weighted by Crippen LogP contribution is 2.37. The Morgan fingerprint density at radius 2 is 2.16 bits per heavy atom. The van der Waals surface area contributed by atoms with E-state index in [2.05, 4.69) is 41.9 Å². The molecule has 1 aliphatic carbocycles. The minimum atomic E-state index is -0.266. The van der Waals surface area contributed by atoms with Crippen molar-refractivity contribution in [2.45, 2.75) is 32.7 Å². The predicted octanol–water partition coefficient (Wildman–Crippen LogP) is 4.93. The van der Waals surface area contributed by atoms with Gasteiger partial charge in [-0.3, -0.25) is 0 Å². The summed E-state index contributed by atoms with van der Waals surface area (Å²) in [4.78, 5) is 4.31. The first-order chi connectivity index (χ1) is 9.29. The lowest BCUT2D eigenvalue weighted by molar-refractivity contribution is 0.624. The van der Waals surface area contributed by atoms with Crippen LogP contribution in [0.3, 0.4) is 0 Å². The van der Waals surface area contributed by atoms with Gasteiger partial charge in [-0.2, -0.15) is 0 Å². The lowest BCUT2D eigenvalue weighted by atomic mass is 10.2. The summed E-state index contributed by atoms with van der Waals surface area (Å²) in [6.07, 6.45) is 4.13. The topological polar surface area (TPSA) is 17.8 Å². The second kappa shape index (κ2) is 6.62. The van der Waals surface area contributed by atoms with Crippen LogP contribution in [0, 0.1) is 17.0 Å². The van der Waals surface area contributed by atoms with Gasteiger partial charge in [0.25, 0.3) is 0 Å². The SMILES string of the molecule is CC.Fc1cc2c(cc1C#CSI)ncn2C1CC1. The number of aromatic nitrogens is 2. The fraction of sp³-hybridized carbons (Fsp3) is 0.357. The molecule has 100 valence electrons. The first kappa shape index (κ1) is 14.7. The van der Waals surface area contributed by atoms with Crippen molar-refractivity contribution in [3.05, 3.63) is 29.8 Å². The average Bonchev–Trinajstić information content (AvgIpc) is 3.20. The van der Waals surface area contributed by atoms with E-state index in [1.165, 1.54) is 21.8 Å². The Bertz CT molecular complexity index is 638. The maximum absolute atomic E-state index is 13.8. The Morgan fingerprint density at radius 3 is 2.79 bits per heavy atom. The summed E-state index contributed by atoms with van der Waals surface area (Å²) in [5.74, 6) is 2.52. The van der Waals surface area contributed by atoms with Crippen LogP contribution in [0.1, 0.15) is 38.3 Å². The van der Waals surface area contributed by atoms with Gasteiger partial charge in [0.2, 0.25) is 0 Å². The van der Waals surface area contributed by atoms with Crippen LogP contribution in [0.4, 0.5) is 4.39 Å². The van der Waals surface area contributed by atoms with Gasteiger partial charge in [-0.25, -0.2) is 9.37 Å². The Hall–Kier alpha value is -0.740. The molecule has 0 unspecified atom stereocenters. The third kappa shape index (κ3) is 3.23. The van der Waals surface area contributed by atoms with E-state index in [0.29, 0.717) is 11.6 Å². The number of hydrogen-bond acceptors (Lipinski definition) is 2. The Labute approximate surface area is 128 Å². The zero-order valence-corrected chi connectivity index (χ0v) is 13.8. The zero-order valence-electron chi connectivity index (χ0n) is 10.8. The van der Waals surface area contributed by atoms with Crippen molar-refractivity contribution in [2.75, 3.05) is 0 Å². The van der Waals surface area contributed by atoms with E-state index in [1.807, 2.05) is 13.8 Å². The highest BCUT2D eigenvalue weighted by Gasteiger charge is 2.25. The lowest BCUT2D eigenvalue weighted by Crippen LogP contribution is -1.92. The standard InChI is InChI=1S/C12H8FIN2S.C2H6/c13-10-6-12-11(5-8(10)3-4-17-14)15-7-16(12)9-1-2-9;1-2/h5-7,9H,1-2H2;1-2H3. The molecule has 1 aromatic carbocycles. The van der Waals surface area contributed by atoms with E-state index in [4.69, 9.17) is 0 Å². The third-order valence-electron chi connectivity index (χ3n) is 2.83. The quantitative estimate of drug-likeness (QED) is 0.509. The zero-order chi connectivity index (χ0) is 13.8. The van der Waals surface area contributed by atoms with Crippen molar-refractivity contribution >= 4 is 41.2 Å². The van der Waals surface area contributed by atoms with Crippen LogP contribution in [0.25, 0.3) is 11.0 Å². The number of imidazole rings is 1. The minimum Gasteiger partial charge on any atom is -0.327 e. The molecule has 1 fully saturated rings. The molecule has 3 rings (SSSR count). The molecule has 1 heterocycles. The summed E-state index contributed by atoms with van der Waals surface area (Å²) in [6, 6.07) is 3.78. The third-order valence-corrected chi connectivity index (χ3v) is 3.67. The van der Waals surface area contributed by atoms with Crippen molar-refractivity contribution < 1.29 is 4.39 Å². The number of benzene rings is 1. The van der Waals surface area contributed by atoms with Gasteiger partial charge in [-0.05, 0) is 33.1 Å². The molecule has 0 radical (unpaired) electrons. The summed E-state index contributed by atoms with van der Waals surface area (Å²) in [5, 5.41) is 2.79. The second-order valence-electron chi connectivity index (χ2n) is 4.01. The number of nitrogens with zero attached hydrogens (tertiary/aromatic N) is 2. The summed E-state index contributed by atoms with van der Waals surface area (Å²) >= 11 is 2.07. The number of fused-ring (bicyclic) bond motifs is 1. The Kier molecular flexibility index (Phi) is 5.11. The molecule has 0 amide bonds. The van der Waals surface area contributed by atoms with Gasteiger partial charge >= 0.3 is 0 Å². The van der Waals surface area contributed by atoms with Crippen LogP contribution in [0.15, 0.2) is 18.5 Å². The van der Waals surface area contributed by atoms with E-state index in [0.717, 1.165) is 11.0 Å². The van der Waals surface area contributed by atoms with E-state index < -0.39 is 0 Å². The molecule has 0 bridgehead atoms. The monoisotopic (exact) mass is 388 g/mol. The highest BCUT2D eigenvalue weighted by molar-refractivity contribution is 14.2. The van der Waals surface area contributed by atoms with Crippen molar-refractivity contribution in [3.8, 4) is 11.2 Å². The second-order valence-corrected chi connectivity index (χ2v) is 5.69. The fourth-order valence-electron chi connectivity index (χ4n) is 1.86. The molecule has 2 aromatic rings. The summed E-state index contributed by atoms with van der Waals surface area (Å²) in [6.45, 7) is 4.00. The number of hydrogen-bond donors (Lipinski definition) is 0. The predicted molar refractivity (Wildman–Crippen MR) is 87.8 cm³/mol. The van der Waals surface area contributed by atoms with Gasteiger partial charge < -0.3 is 4.57 Å². The van der Waals surface area contributed by atoms with E-state index in [9.17, 15) is 4.39 Å². The van der Waals surface area contributed by atoms with E-state index in [-0.39, 0.29) is 5.82 Å². The first-order valence-electron chi connectivity index (χ1n) is 6.24. The Balaban J connectivity index is 0.000000637. The minimum absolute atomic E-state index is 0.266. The molecule has 1 saturated carbocycles.